The lowest BCUT2D eigenvalue weighted by atomic mass is 9.99. The van der Waals surface area contributed by atoms with Crippen molar-refractivity contribution in [3.05, 3.63) is 63.7 Å². The van der Waals surface area contributed by atoms with E-state index in [4.69, 9.17) is 5.73 Å². The van der Waals surface area contributed by atoms with Gasteiger partial charge >= 0.3 is 0 Å². The number of nitrogens with two attached hydrogens (primary N) is 1. The molecule has 9 heteroatoms. The molecule has 2 aromatic carbocycles. The Hall–Kier alpha value is -2.91. The van der Waals surface area contributed by atoms with Gasteiger partial charge in [-0.3, -0.25) is 24.6 Å². The molecule has 164 valence electrons. The van der Waals surface area contributed by atoms with Gasteiger partial charge in [0.15, 0.2) is 0 Å². The molecule has 8 nitrogen and oxygen atoms in total. The topological polar surface area (TPSA) is 119 Å². The molecule has 3 N–H and O–H groups in total. The van der Waals surface area contributed by atoms with Crippen LogP contribution in [0.3, 0.4) is 0 Å². The van der Waals surface area contributed by atoms with Gasteiger partial charge in [-0.2, -0.15) is 0 Å². The number of hydrogen-bond acceptors (Lipinski definition) is 6. The lowest BCUT2D eigenvalue weighted by Crippen LogP contribution is -2.32. The normalized spacial score (nSPS) is 14.9. The van der Waals surface area contributed by atoms with Gasteiger partial charge in [0.25, 0.3) is 5.69 Å². The molecule has 0 saturated carbocycles. The summed E-state index contributed by atoms with van der Waals surface area (Å²) in [6, 6.07) is 11.7. The van der Waals surface area contributed by atoms with Crippen LogP contribution in [0.5, 0.6) is 0 Å². The van der Waals surface area contributed by atoms with E-state index in [0.29, 0.717) is 10.6 Å². The van der Waals surface area contributed by atoms with Gasteiger partial charge in [0.1, 0.15) is 0 Å². The SMILES string of the molecule is CC1CCN(Cc2ccc(NC(=O)CSc3ccc(C(N)=O)cc3[N+](=O)[O-])cc2)CC1. The fourth-order valence-corrected chi connectivity index (χ4v) is 4.25. The molecule has 0 bridgehead atoms. The highest BCUT2D eigenvalue weighted by molar-refractivity contribution is 8.00. The first-order valence-electron chi connectivity index (χ1n) is 10.1. The molecule has 2 aromatic rings. The number of piperidine rings is 1. The Bertz CT molecular complexity index is 956. The van der Waals surface area contributed by atoms with E-state index < -0.39 is 10.8 Å². The van der Waals surface area contributed by atoms with Gasteiger partial charge in [0.2, 0.25) is 11.8 Å². The summed E-state index contributed by atoms with van der Waals surface area (Å²) in [6.45, 7) is 5.43. The summed E-state index contributed by atoms with van der Waals surface area (Å²) < 4.78 is 0. The average molecular weight is 443 g/mol. The van der Waals surface area contributed by atoms with Crippen molar-refractivity contribution < 1.29 is 14.5 Å². The summed E-state index contributed by atoms with van der Waals surface area (Å²) in [5.41, 5.74) is 6.87. The molecule has 0 aliphatic carbocycles. The van der Waals surface area contributed by atoms with E-state index in [0.717, 1.165) is 43.4 Å². The molecule has 31 heavy (non-hydrogen) atoms. The molecule has 0 atom stereocenters. The number of carbonyl (C=O) groups excluding carboxylic acids is 2. The van der Waals surface area contributed by atoms with E-state index in [1.165, 1.54) is 30.5 Å². The molecule has 1 aliphatic heterocycles. The van der Waals surface area contributed by atoms with Crippen LogP contribution in [0.2, 0.25) is 0 Å². The lowest BCUT2D eigenvalue weighted by Gasteiger charge is -2.30. The fourth-order valence-electron chi connectivity index (χ4n) is 3.45. The molecule has 1 heterocycles. The number of thioether (sulfide) groups is 1. The van der Waals surface area contributed by atoms with Crippen molar-refractivity contribution in [3.8, 4) is 0 Å². The standard InChI is InChI=1S/C22H26N4O4S/c1-15-8-10-25(11-9-15)13-16-2-5-18(6-3-16)24-21(27)14-31-20-7-4-17(22(23)28)12-19(20)26(29)30/h2-7,12,15H,8-11,13-14H2,1H3,(H2,23,28)(H,24,27). The molecule has 0 unspecified atom stereocenters. The van der Waals surface area contributed by atoms with Crippen LogP contribution in [-0.2, 0) is 11.3 Å². The first kappa shape index (κ1) is 22.8. The van der Waals surface area contributed by atoms with Crippen LogP contribution < -0.4 is 11.1 Å². The van der Waals surface area contributed by atoms with Crippen LogP contribution in [0.1, 0.15) is 35.7 Å². The number of benzene rings is 2. The number of nitro groups is 1. The number of amides is 2. The van der Waals surface area contributed by atoms with Crippen molar-refractivity contribution in [2.24, 2.45) is 11.7 Å². The zero-order chi connectivity index (χ0) is 22.4. The Morgan fingerprint density at radius 3 is 2.48 bits per heavy atom. The maximum atomic E-state index is 12.3. The highest BCUT2D eigenvalue weighted by Gasteiger charge is 2.18. The van der Waals surface area contributed by atoms with Gasteiger partial charge in [-0.25, -0.2) is 0 Å². The number of nitrogens with one attached hydrogen (secondary N) is 1. The molecule has 0 spiro atoms. The fraction of sp³-hybridized carbons (Fsp3) is 0.364. The number of carbonyl (C=O) groups is 2. The first-order valence-corrected chi connectivity index (χ1v) is 11.1. The number of anilines is 1. The van der Waals surface area contributed by atoms with Crippen molar-refractivity contribution in [2.75, 3.05) is 24.2 Å². The van der Waals surface area contributed by atoms with Crippen LogP contribution in [-0.4, -0.2) is 40.5 Å². The summed E-state index contributed by atoms with van der Waals surface area (Å²) in [5.74, 6) is -0.203. The van der Waals surface area contributed by atoms with Crippen LogP contribution in [0.15, 0.2) is 47.4 Å². The minimum absolute atomic E-state index is 0.00444. The molecule has 0 radical (unpaired) electrons. The number of likely N-dealkylation sites (tertiary alicyclic amines) is 1. The van der Waals surface area contributed by atoms with Gasteiger partial charge < -0.3 is 11.1 Å². The smallest absolute Gasteiger partial charge is 0.283 e. The lowest BCUT2D eigenvalue weighted by molar-refractivity contribution is -0.387. The van der Waals surface area contributed by atoms with Gasteiger partial charge in [-0.1, -0.05) is 19.1 Å². The largest absolute Gasteiger partial charge is 0.366 e. The molecular formula is C22H26N4O4S. The predicted molar refractivity (Wildman–Crippen MR) is 121 cm³/mol. The van der Waals surface area contributed by atoms with E-state index in [9.17, 15) is 19.7 Å². The third-order valence-corrected chi connectivity index (χ3v) is 6.38. The maximum Gasteiger partial charge on any atom is 0.283 e. The molecule has 1 fully saturated rings. The second-order valence-corrected chi connectivity index (χ2v) is 8.81. The van der Waals surface area contributed by atoms with E-state index in [1.54, 1.807) is 0 Å². The van der Waals surface area contributed by atoms with Crippen LogP contribution >= 0.6 is 11.8 Å². The van der Waals surface area contributed by atoms with Crippen LogP contribution in [0.4, 0.5) is 11.4 Å². The Labute approximate surface area is 185 Å². The average Bonchev–Trinajstić information content (AvgIpc) is 2.75. The Balaban J connectivity index is 1.53. The van der Waals surface area contributed by atoms with E-state index in [1.807, 2.05) is 24.3 Å². The zero-order valence-electron chi connectivity index (χ0n) is 17.4. The second-order valence-electron chi connectivity index (χ2n) is 7.80. The molecule has 0 aromatic heterocycles. The minimum atomic E-state index is -0.740. The van der Waals surface area contributed by atoms with Crippen LogP contribution in [0, 0.1) is 16.0 Å². The van der Waals surface area contributed by atoms with Crippen LogP contribution in [0.25, 0.3) is 0 Å². The summed E-state index contributed by atoms with van der Waals surface area (Å²) in [4.78, 5) is 36.9. The first-order chi connectivity index (χ1) is 14.8. The molecular weight excluding hydrogens is 416 g/mol. The summed E-state index contributed by atoms with van der Waals surface area (Å²) in [7, 11) is 0. The number of nitro benzene ring substituents is 1. The number of rotatable bonds is 8. The predicted octanol–water partition coefficient (Wildman–Crippen LogP) is 3.66. The van der Waals surface area contributed by atoms with Gasteiger partial charge in [-0.15, -0.1) is 11.8 Å². The van der Waals surface area contributed by atoms with Gasteiger partial charge in [0.05, 0.1) is 15.6 Å². The van der Waals surface area contributed by atoms with Crippen molar-refractivity contribution >= 4 is 35.0 Å². The molecule has 1 aliphatic rings. The highest BCUT2D eigenvalue weighted by atomic mass is 32.2. The van der Waals surface area contributed by atoms with Crippen molar-refractivity contribution in [1.82, 2.24) is 4.90 Å². The molecule has 1 saturated heterocycles. The number of nitrogens with zero attached hydrogens (tertiary/aromatic N) is 2. The van der Waals surface area contributed by atoms with Crippen molar-refractivity contribution in [2.45, 2.75) is 31.2 Å². The Kier molecular flexibility index (Phi) is 7.64. The van der Waals surface area contributed by atoms with E-state index in [2.05, 4.69) is 17.1 Å². The number of primary amides is 1. The van der Waals surface area contributed by atoms with Crippen molar-refractivity contribution in [3.63, 3.8) is 0 Å². The third kappa shape index (κ3) is 6.53. The monoisotopic (exact) mass is 442 g/mol. The summed E-state index contributed by atoms with van der Waals surface area (Å²) in [6.07, 6.45) is 2.46. The second kappa shape index (κ2) is 10.4. The molecule has 3 rings (SSSR count). The number of hydrogen-bond donors (Lipinski definition) is 2. The molecule has 2 amide bonds. The minimum Gasteiger partial charge on any atom is -0.366 e. The van der Waals surface area contributed by atoms with Gasteiger partial charge in [0, 0.05) is 23.9 Å². The Morgan fingerprint density at radius 2 is 1.87 bits per heavy atom. The third-order valence-electron chi connectivity index (χ3n) is 5.32. The summed E-state index contributed by atoms with van der Waals surface area (Å²) >= 11 is 1.04. The van der Waals surface area contributed by atoms with Crippen molar-refractivity contribution in [1.29, 1.82) is 0 Å². The van der Waals surface area contributed by atoms with Gasteiger partial charge in [-0.05, 0) is 61.7 Å². The Morgan fingerprint density at radius 1 is 1.19 bits per heavy atom. The van der Waals surface area contributed by atoms with E-state index >= 15 is 0 Å². The zero-order valence-corrected chi connectivity index (χ0v) is 18.2. The maximum absolute atomic E-state index is 12.3. The quantitative estimate of drug-likeness (QED) is 0.366. The highest BCUT2D eigenvalue weighted by Crippen LogP contribution is 2.30. The summed E-state index contributed by atoms with van der Waals surface area (Å²) in [5, 5.41) is 14.1. The van der Waals surface area contributed by atoms with E-state index in [-0.39, 0.29) is 22.9 Å².